The molecule has 2 aromatic rings. The van der Waals surface area contributed by atoms with Crippen molar-refractivity contribution in [1.82, 2.24) is 15.8 Å². The monoisotopic (exact) mass is 558 g/mol. The molecule has 1 aliphatic heterocycles. The first-order valence-electron chi connectivity index (χ1n) is 11.4. The number of aromatic nitrogens is 1. The van der Waals surface area contributed by atoms with Crippen molar-refractivity contribution in [1.29, 1.82) is 0 Å². The van der Waals surface area contributed by atoms with Gasteiger partial charge < -0.3 is 19.9 Å². The highest BCUT2D eigenvalue weighted by molar-refractivity contribution is 14.0. The molecule has 32 heavy (non-hydrogen) atoms. The third-order valence-electron chi connectivity index (χ3n) is 6.20. The summed E-state index contributed by atoms with van der Waals surface area (Å²) in [4.78, 5) is 4.69. The van der Waals surface area contributed by atoms with E-state index < -0.39 is 0 Å². The highest BCUT2D eigenvalue weighted by Crippen LogP contribution is 2.34. The van der Waals surface area contributed by atoms with Crippen LogP contribution in [0, 0.1) is 5.82 Å². The largest absolute Gasteiger partial charge is 0.381 e. The van der Waals surface area contributed by atoms with Gasteiger partial charge in [-0.3, -0.25) is 0 Å². The number of guanidine groups is 1. The van der Waals surface area contributed by atoms with Gasteiger partial charge in [0.2, 0.25) is 0 Å². The van der Waals surface area contributed by atoms with E-state index in [2.05, 4.69) is 29.6 Å². The van der Waals surface area contributed by atoms with Crippen LogP contribution in [0.1, 0.15) is 69.4 Å². The number of aliphatic imine (C=N–C) groups is 1. The van der Waals surface area contributed by atoms with Gasteiger partial charge >= 0.3 is 0 Å². The lowest BCUT2D eigenvalue weighted by atomic mass is 9.74. The maximum absolute atomic E-state index is 13.9. The van der Waals surface area contributed by atoms with Gasteiger partial charge in [0.15, 0.2) is 11.7 Å². The van der Waals surface area contributed by atoms with Gasteiger partial charge in [-0.05, 0) is 50.3 Å². The van der Waals surface area contributed by atoms with Gasteiger partial charge in [0.1, 0.15) is 12.4 Å². The van der Waals surface area contributed by atoms with Gasteiger partial charge in [-0.2, -0.15) is 0 Å². The molecule has 0 bridgehead atoms. The van der Waals surface area contributed by atoms with Crippen molar-refractivity contribution >= 4 is 29.9 Å². The second-order valence-corrected chi connectivity index (χ2v) is 8.18. The number of halogens is 2. The molecule has 0 amide bonds. The standard InChI is InChI=1S/C24H35FN4O2.HI/c1-4-18(5-2)22-15-21(31-29-22)16-27-23(26-6-3)28-17-24(10-12-30-13-11-24)19-8-7-9-20(25)14-19;/h7-9,14-15,18H,4-6,10-13,16-17H2,1-3H3,(H2,26,27,28);1H. The Morgan fingerprint density at radius 1 is 1.16 bits per heavy atom. The zero-order valence-corrected chi connectivity index (χ0v) is 21.7. The normalized spacial score (nSPS) is 16.0. The van der Waals surface area contributed by atoms with E-state index in [1.165, 1.54) is 6.07 Å². The number of ether oxygens (including phenoxy) is 1. The molecule has 0 atom stereocenters. The molecule has 1 saturated heterocycles. The maximum Gasteiger partial charge on any atom is 0.191 e. The lowest BCUT2D eigenvalue weighted by Gasteiger charge is -2.38. The fourth-order valence-corrected chi connectivity index (χ4v) is 4.20. The summed E-state index contributed by atoms with van der Waals surface area (Å²) in [6.07, 6.45) is 3.76. The third kappa shape index (κ3) is 6.91. The van der Waals surface area contributed by atoms with Crippen molar-refractivity contribution in [2.24, 2.45) is 4.99 Å². The van der Waals surface area contributed by atoms with Crippen LogP contribution in [0.15, 0.2) is 39.8 Å². The van der Waals surface area contributed by atoms with E-state index in [1.54, 1.807) is 12.1 Å². The van der Waals surface area contributed by atoms with Crippen LogP contribution in [0.5, 0.6) is 0 Å². The van der Waals surface area contributed by atoms with Crippen LogP contribution in [-0.4, -0.2) is 37.4 Å². The first kappa shape index (κ1) is 26.6. The Hall–Kier alpha value is -1.68. The smallest absolute Gasteiger partial charge is 0.191 e. The molecule has 1 aromatic heterocycles. The molecule has 8 heteroatoms. The highest BCUT2D eigenvalue weighted by Gasteiger charge is 2.35. The molecule has 1 aromatic carbocycles. The maximum atomic E-state index is 13.9. The number of nitrogens with one attached hydrogen (secondary N) is 2. The first-order valence-corrected chi connectivity index (χ1v) is 11.4. The zero-order valence-electron chi connectivity index (χ0n) is 19.3. The second kappa shape index (κ2) is 13.1. The Labute approximate surface area is 207 Å². The second-order valence-electron chi connectivity index (χ2n) is 8.18. The van der Waals surface area contributed by atoms with Crippen LogP contribution < -0.4 is 10.6 Å². The molecule has 1 aliphatic rings. The van der Waals surface area contributed by atoms with Crippen LogP contribution in [0.2, 0.25) is 0 Å². The summed E-state index contributed by atoms with van der Waals surface area (Å²) in [7, 11) is 0. The Morgan fingerprint density at radius 3 is 2.56 bits per heavy atom. The lowest BCUT2D eigenvalue weighted by molar-refractivity contribution is 0.0513. The van der Waals surface area contributed by atoms with E-state index in [9.17, 15) is 4.39 Å². The minimum Gasteiger partial charge on any atom is -0.381 e. The minimum absolute atomic E-state index is 0. The summed E-state index contributed by atoms with van der Waals surface area (Å²) in [5.41, 5.74) is 1.82. The van der Waals surface area contributed by atoms with Crippen molar-refractivity contribution < 1.29 is 13.7 Å². The summed E-state index contributed by atoms with van der Waals surface area (Å²) < 4.78 is 25.0. The molecule has 0 spiro atoms. The summed E-state index contributed by atoms with van der Waals surface area (Å²) in [5, 5.41) is 11.0. The van der Waals surface area contributed by atoms with E-state index in [1.807, 2.05) is 19.1 Å². The Bertz CT molecular complexity index is 848. The molecular formula is C24H36FIN4O2. The fourth-order valence-electron chi connectivity index (χ4n) is 4.20. The van der Waals surface area contributed by atoms with Crippen molar-refractivity contribution in [2.45, 2.75) is 64.3 Å². The van der Waals surface area contributed by atoms with E-state index >= 15 is 0 Å². The average molecular weight is 558 g/mol. The summed E-state index contributed by atoms with van der Waals surface area (Å²) in [6, 6.07) is 8.93. The molecule has 0 radical (unpaired) electrons. The summed E-state index contributed by atoms with van der Waals surface area (Å²) in [6.45, 7) is 9.52. The van der Waals surface area contributed by atoms with Crippen LogP contribution >= 0.6 is 24.0 Å². The number of benzene rings is 1. The van der Waals surface area contributed by atoms with E-state index in [0.717, 1.165) is 49.2 Å². The first-order chi connectivity index (χ1) is 15.1. The van der Waals surface area contributed by atoms with Gasteiger partial charge in [-0.25, -0.2) is 9.38 Å². The number of hydrogen-bond donors (Lipinski definition) is 2. The number of hydrogen-bond acceptors (Lipinski definition) is 4. The summed E-state index contributed by atoms with van der Waals surface area (Å²) >= 11 is 0. The molecule has 3 rings (SSSR count). The molecule has 2 heterocycles. The van der Waals surface area contributed by atoms with Crippen molar-refractivity contribution in [3.8, 4) is 0 Å². The lowest BCUT2D eigenvalue weighted by Crippen LogP contribution is -2.48. The molecule has 2 N–H and O–H groups in total. The molecule has 0 unspecified atom stereocenters. The van der Waals surface area contributed by atoms with Crippen molar-refractivity contribution in [2.75, 3.05) is 26.3 Å². The summed E-state index contributed by atoms with van der Waals surface area (Å²) in [5.74, 6) is 1.69. The van der Waals surface area contributed by atoms with Gasteiger partial charge in [0, 0.05) is 43.7 Å². The Balaban J connectivity index is 0.00000363. The van der Waals surface area contributed by atoms with Gasteiger partial charge in [0.05, 0.1) is 5.69 Å². The topological polar surface area (TPSA) is 71.7 Å². The number of nitrogens with zero attached hydrogens (tertiary/aromatic N) is 2. The average Bonchev–Trinajstić information content (AvgIpc) is 3.26. The highest BCUT2D eigenvalue weighted by atomic mass is 127. The van der Waals surface area contributed by atoms with Gasteiger partial charge in [-0.1, -0.05) is 31.1 Å². The van der Waals surface area contributed by atoms with E-state index in [4.69, 9.17) is 14.3 Å². The predicted molar refractivity (Wildman–Crippen MR) is 136 cm³/mol. The Kier molecular flexibility index (Phi) is 10.9. The molecular weight excluding hydrogens is 522 g/mol. The van der Waals surface area contributed by atoms with Gasteiger partial charge in [0.25, 0.3) is 0 Å². The van der Waals surface area contributed by atoms with Crippen LogP contribution in [-0.2, 0) is 16.7 Å². The quantitative estimate of drug-likeness (QED) is 0.254. The minimum atomic E-state index is -0.206. The van der Waals surface area contributed by atoms with Crippen LogP contribution in [0.4, 0.5) is 4.39 Å². The van der Waals surface area contributed by atoms with Crippen LogP contribution in [0.3, 0.4) is 0 Å². The van der Waals surface area contributed by atoms with Crippen molar-refractivity contribution in [3.05, 3.63) is 53.2 Å². The molecule has 0 aliphatic carbocycles. The SMILES string of the molecule is CCNC(=NCc1cc(C(CC)CC)no1)NCC1(c2cccc(F)c2)CCOCC1.I. The number of rotatable bonds is 9. The van der Waals surface area contributed by atoms with E-state index in [0.29, 0.717) is 38.2 Å². The predicted octanol–water partition coefficient (Wildman–Crippen LogP) is 5.14. The zero-order chi connectivity index (χ0) is 22.1. The van der Waals surface area contributed by atoms with E-state index in [-0.39, 0.29) is 35.2 Å². The molecule has 6 nitrogen and oxygen atoms in total. The van der Waals surface area contributed by atoms with Crippen LogP contribution in [0.25, 0.3) is 0 Å². The fraction of sp³-hybridized carbons (Fsp3) is 0.583. The van der Waals surface area contributed by atoms with Gasteiger partial charge in [-0.15, -0.1) is 24.0 Å². The Morgan fingerprint density at radius 2 is 1.91 bits per heavy atom. The van der Waals surface area contributed by atoms with Crippen molar-refractivity contribution in [3.63, 3.8) is 0 Å². The molecule has 1 fully saturated rings. The molecule has 178 valence electrons. The molecule has 0 saturated carbocycles. The third-order valence-corrected chi connectivity index (χ3v) is 6.20.